The highest BCUT2D eigenvalue weighted by Crippen LogP contribution is 2.35. The summed E-state index contributed by atoms with van der Waals surface area (Å²) in [5.74, 6) is -1.36. The molecule has 5 aromatic rings. The number of rotatable bonds is 8. The van der Waals surface area contributed by atoms with Gasteiger partial charge in [-0.25, -0.2) is 14.5 Å². The summed E-state index contributed by atoms with van der Waals surface area (Å²) in [6, 6.07) is 27.4. The number of aryl methyl sites for hydroxylation is 1. The van der Waals surface area contributed by atoms with Crippen LogP contribution in [0.1, 0.15) is 56.8 Å². The standard InChI is InChI=1S/C35H31F3N4O3/c1-22-11-14-31(28(17-22)30-9-6-10-32(40-30)42-33(35(36,37)38)29(19-39-42)34(43)44)45-21-24-12-13-27-20-41(16-15-26(27)18-24)23(2)25-7-4-3-5-8-25/h3-14,17-19,23H,15-16,20-21H2,1-2H3,(H,43,44). The van der Waals surface area contributed by atoms with Crippen LogP contribution in [0.2, 0.25) is 0 Å². The highest BCUT2D eigenvalue weighted by atomic mass is 19.4. The fraction of sp³-hybridized carbons (Fsp3) is 0.229. The Balaban J connectivity index is 1.22. The SMILES string of the molecule is Cc1ccc(OCc2ccc3c(c2)CCN(C(C)c2ccccc2)C3)c(-c2cccc(-n3ncc(C(=O)O)c3C(F)(F)F)n2)c1. The van der Waals surface area contributed by atoms with Gasteiger partial charge in [-0.3, -0.25) is 4.90 Å². The molecule has 0 amide bonds. The zero-order valence-electron chi connectivity index (χ0n) is 24.8. The molecule has 0 bridgehead atoms. The first-order valence-corrected chi connectivity index (χ1v) is 14.6. The highest BCUT2D eigenvalue weighted by molar-refractivity contribution is 5.89. The van der Waals surface area contributed by atoms with Gasteiger partial charge in [-0.15, -0.1) is 0 Å². The Bertz CT molecular complexity index is 1850. The van der Waals surface area contributed by atoms with Gasteiger partial charge in [0.2, 0.25) is 0 Å². The van der Waals surface area contributed by atoms with Crippen LogP contribution in [0.25, 0.3) is 17.1 Å². The minimum absolute atomic E-state index is 0.162. The molecule has 1 atom stereocenters. The van der Waals surface area contributed by atoms with Crippen LogP contribution in [0.15, 0.2) is 91.1 Å². The van der Waals surface area contributed by atoms with Crippen LogP contribution >= 0.6 is 0 Å². The molecule has 0 spiro atoms. The van der Waals surface area contributed by atoms with Crippen molar-refractivity contribution in [3.05, 3.63) is 130 Å². The van der Waals surface area contributed by atoms with E-state index in [-0.39, 0.29) is 5.82 Å². The number of alkyl halides is 3. The number of fused-ring (bicyclic) bond motifs is 1. The molecule has 230 valence electrons. The molecule has 7 nitrogen and oxygen atoms in total. The number of hydrogen-bond donors (Lipinski definition) is 1. The number of carboxylic acid groups (broad SMARTS) is 1. The minimum atomic E-state index is -4.95. The van der Waals surface area contributed by atoms with Gasteiger partial charge in [0.1, 0.15) is 17.9 Å². The lowest BCUT2D eigenvalue weighted by molar-refractivity contribution is -0.143. The second-order valence-corrected chi connectivity index (χ2v) is 11.2. The number of nitrogens with zero attached hydrogens (tertiary/aromatic N) is 4. The van der Waals surface area contributed by atoms with Crippen molar-refractivity contribution in [3.8, 4) is 22.8 Å². The largest absolute Gasteiger partial charge is 0.488 e. The number of ether oxygens (including phenoxy) is 1. The van der Waals surface area contributed by atoms with E-state index in [1.54, 1.807) is 12.1 Å². The summed E-state index contributed by atoms with van der Waals surface area (Å²) >= 11 is 0. The van der Waals surface area contributed by atoms with Crippen LogP contribution in [0, 0.1) is 6.92 Å². The molecule has 45 heavy (non-hydrogen) atoms. The predicted octanol–water partition coefficient (Wildman–Crippen LogP) is 7.66. The average molecular weight is 613 g/mol. The first kappa shape index (κ1) is 30.1. The Labute approximate surface area is 258 Å². The molecule has 1 N–H and O–H groups in total. The number of benzene rings is 3. The summed E-state index contributed by atoms with van der Waals surface area (Å²) in [4.78, 5) is 18.4. The summed E-state index contributed by atoms with van der Waals surface area (Å²) in [7, 11) is 0. The maximum atomic E-state index is 13.8. The van der Waals surface area contributed by atoms with E-state index in [0.717, 1.165) is 30.6 Å². The van der Waals surface area contributed by atoms with E-state index >= 15 is 0 Å². The summed E-state index contributed by atoms with van der Waals surface area (Å²) in [5, 5.41) is 13.0. The van der Waals surface area contributed by atoms with Crippen LogP contribution in [-0.4, -0.2) is 37.3 Å². The lowest BCUT2D eigenvalue weighted by Gasteiger charge is -2.34. The van der Waals surface area contributed by atoms with Gasteiger partial charge in [-0.2, -0.15) is 18.3 Å². The summed E-state index contributed by atoms with van der Waals surface area (Å²) in [6.45, 7) is 6.27. The van der Waals surface area contributed by atoms with E-state index in [0.29, 0.717) is 40.5 Å². The van der Waals surface area contributed by atoms with Crippen LogP contribution in [0.4, 0.5) is 13.2 Å². The van der Waals surface area contributed by atoms with E-state index in [2.05, 4.69) is 64.4 Å². The molecule has 0 aliphatic carbocycles. The predicted molar refractivity (Wildman–Crippen MR) is 163 cm³/mol. The molecule has 1 aliphatic heterocycles. The zero-order valence-corrected chi connectivity index (χ0v) is 24.8. The number of hydrogen-bond acceptors (Lipinski definition) is 5. The van der Waals surface area contributed by atoms with E-state index < -0.39 is 23.4 Å². The smallest absolute Gasteiger partial charge is 0.434 e. The lowest BCUT2D eigenvalue weighted by atomic mass is 9.95. The lowest BCUT2D eigenvalue weighted by Crippen LogP contribution is -2.32. The molecule has 3 aromatic carbocycles. The fourth-order valence-electron chi connectivity index (χ4n) is 5.76. The van der Waals surface area contributed by atoms with Crippen LogP contribution < -0.4 is 4.74 Å². The van der Waals surface area contributed by atoms with Crippen LogP contribution in [0.3, 0.4) is 0 Å². The van der Waals surface area contributed by atoms with E-state index in [1.807, 2.05) is 31.2 Å². The molecule has 0 fully saturated rings. The van der Waals surface area contributed by atoms with Gasteiger partial charge in [0, 0.05) is 24.7 Å². The molecule has 0 saturated carbocycles. The molecule has 0 radical (unpaired) electrons. The molecule has 0 saturated heterocycles. The van der Waals surface area contributed by atoms with Gasteiger partial charge < -0.3 is 9.84 Å². The monoisotopic (exact) mass is 612 g/mol. The molecule has 3 heterocycles. The van der Waals surface area contributed by atoms with E-state index in [4.69, 9.17) is 4.74 Å². The number of carbonyl (C=O) groups is 1. The Morgan fingerprint density at radius 3 is 2.56 bits per heavy atom. The molecule has 2 aromatic heterocycles. The van der Waals surface area contributed by atoms with Crippen LogP contribution in [-0.2, 0) is 25.7 Å². The van der Waals surface area contributed by atoms with Gasteiger partial charge in [0.05, 0.1) is 11.9 Å². The zero-order chi connectivity index (χ0) is 31.7. The van der Waals surface area contributed by atoms with Gasteiger partial charge >= 0.3 is 12.1 Å². The van der Waals surface area contributed by atoms with Crippen molar-refractivity contribution in [3.63, 3.8) is 0 Å². The molecular weight excluding hydrogens is 581 g/mol. The van der Waals surface area contributed by atoms with Crippen molar-refractivity contribution < 1.29 is 27.8 Å². The molecule has 6 rings (SSSR count). The minimum Gasteiger partial charge on any atom is -0.488 e. The first-order chi connectivity index (χ1) is 21.6. The Morgan fingerprint density at radius 2 is 1.80 bits per heavy atom. The molecular formula is C35H31F3N4O3. The quantitative estimate of drug-likeness (QED) is 0.194. The first-order valence-electron chi connectivity index (χ1n) is 14.6. The van der Waals surface area contributed by atoms with Gasteiger partial charge in [-0.05, 0) is 66.8 Å². The van der Waals surface area contributed by atoms with Gasteiger partial charge in [0.25, 0.3) is 0 Å². The van der Waals surface area contributed by atoms with Crippen molar-refractivity contribution in [2.24, 2.45) is 0 Å². The topological polar surface area (TPSA) is 80.5 Å². The van der Waals surface area contributed by atoms with E-state index in [9.17, 15) is 23.1 Å². The van der Waals surface area contributed by atoms with Gasteiger partial charge in [-0.1, -0.05) is 66.2 Å². The fourth-order valence-corrected chi connectivity index (χ4v) is 5.76. The third-order valence-corrected chi connectivity index (χ3v) is 8.17. The summed E-state index contributed by atoms with van der Waals surface area (Å²) < 4.78 is 48.3. The number of halogens is 3. The normalized spacial score (nSPS) is 14.2. The second kappa shape index (κ2) is 12.2. The third kappa shape index (κ3) is 6.32. The molecule has 1 aliphatic rings. The van der Waals surface area contributed by atoms with Crippen molar-refractivity contribution in [1.82, 2.24) is 19.7 Å². The maximum Gasteiger partial charge on any atom is 0.434 e. The number of pyridine rings is 1. The Hall–Kier alpha value is -4.96. The summed E-state index contributed by atoms with van der Waals surface area (Å²) in [6.07, 6.45) is -3.34. The Kier molecular flexibility index (Phi) is 8.16. The number of aromatic nitrogens is 3. The molecule has 1 unspecified atom stereocenters. The highest BCUT2D eigenvalue weighted by Gasteiger charge is 2.41. The third-order valence-electron chi connectivity index (χ3n) is 8.17. The van der Waals surface area contributed by atoms with E-state index in [1.165, 1.54) is 22.8 Å². The van der Waals surface area contributed by atoms with Gasteiger partial charge in [0.15, 0.2) is 11.5 Å². The number of aromatic carboxylic acids is 1. The molecule has 10 heteroatoms. The number of carboxylic acids is 1. The summed E-state index contributed by atoms with van der Waals surface area (Å²) in [5.41, 5.74) is 4.44. The van der Waals surface area contributed by atoms with Crippen molar-refractivity contribution in [2.75, 3.05) is 6.54 Å². The Morgan fingerprint density at radius 1 is 1.00 bits per heavy atom. The van der Waals surface area contributed by atoms with Crippen molar-refractivity contribution in [1.29, 1.82) is 0 Å². The second-order valence-electron chi connectivity index (χ2n) is 11.2. The average Bonchev–Trinajstić information content (AvgIpc) is 3.51. The van der Waals surface area contributed by atoms with Crippen LogP contribution in [0.5, 0.6) is 5.75 Å². The van der Waals surface area contributed by atoms with Crippen molar-refractivity contribution in [2.45, 2.75) is 45.6 Å². The maximum absolute atomic E-state index is 13.8. The van der Waals surface area contributed by atoms with Crippen molar-refractivity contribution >= 4 is 5.97 Å².